The van der Waals surface area contributed by atoms with Crippen LogP contribution < -0.4 is 10.6 Å². The Bertz CT molecular complexity index is 392. The second kappa shape index (κ2) is 4.53. The zero-order chi connectivity index (χ0) is 11.5. The number of para-hydroxylation sites is 1. The van der Waals surface area contributed by atoms with Gasteiger partial charge in [0.1, 0.15) is 6.10 Å². The van der Waals surface area contributed by atoms with Crippen LogP contribution in [0.2, 0.25) is 0 Å². The van der Waals surface area contributed by atoms with E-state index >= 15 is 0 Å². The molecule has 0 radical (unpaired) electrons. The molecule has 0 spiro atoms. The molecule has 1 amide bonds. The number of nitrogens with two attached hydrogens (primary N) is 1. The Labute approximate surface area is 95.0 Å². The van der Waals surface area contributed by atoms with Gasteiger partial charge in [-0.25, -0.2) is 4.79 Å². The first-order chi connectivity index (χ1) is 7.72. The highest BCUT2D eigenvalue weighted by atomic mass is 16.6. The van der Waals surface area contributed by atoms with Crippen LogP contribution in [0.4, 0.5) is 10.5 Å². The Balaban J connectivity index is 2.26. The number of anilines is 1. The van der Waals surface area contributed by atoms with Crippen LogP contribution >= 0.6 is 0 Å². The first-order valence-corrected chi connectivity index (χ1v) is 5.48. The van der Waals surface area contributed by atoms with Crippen molar-refractivity contribution < 1.29 is 9.53 Å². The summed E-state index contributed by atoms with van der Waals surface area (Å²) in [5, 5.41) is 0. The highest BCUT2D eigenvalue weighted by Gasteiger charge is 2.26. The van der Waals surface area contributed by atoms with Crippen LogP contribution in [0.25, 0.3) is 0 Å². The minimum Gasteiger partial charge on any atom is -0.446 e. The van der Waals surface area contributed by atoms with E-state index in [1.54, 1.807) is 4.90 Å². The van der Waals surface area contributed by atoms with Crippen LogP contribution in [-0.4, -0.2) is 18.7 Å². The van der Waals surface area contributed by atoms with Gasteiger partial charge in [-0.15, -0.1) is 0 Å². The quantitative estimate of drug-likeness (QED) is 0.828. The van der Waals surface area contributed by atoms with Crippen molar-refractivity contribution in [3.8, 4) is 0 Å². The fourth-order valence-corrected chi connectivity index (χ4v) is 1.86. The molecule has 16 heavy (non-hydrogen) atoms. The molecule has 86 valence electrons. The number of cyclic esters (lactones) is 1. The molecule has 1 aliphatic heterocycles. The van der Waals surface area contributed by atoms with Crippen molar-refractivity contribution >= 4 is 11.8 Å². The Kier molecular flexibility index (Phi) is 3.10. The lowest BCUT2D eigenvalue weighted by molar-refractivity contribution is 0.0943. The average Bonchev–Trinajstić information content (AvgIpc) is 2.29. The molecule has 2 N–H and O–H groups in total. The molecule has 0 aliphatic carbocycles. The summed E-state index contributed by atoms with van der Waals surface area (Å²) in [5.74, 6) is 0. The van der Waals surface area contributed by atoms with Crippen molar-refractivity contribution in [3.63, 3.8) is 0 Å². The lowest BCUT2D eigenvalue weighted by Crippen LogP contribution is -2.41. The number of nitrogens with zero attached hydrogens (tertiary/aromatic N) is 1. The van der Waals surface area contributed by atoms with Gasteiger partial charge in [0, 0.05) is 19.5 Å². The molecule has 1 aromatic rings. The number of carbonyl (C=O) groups excluding carboxylic acids is 1. The summed E-state index contributed by atoms with van der Waals surface area (Å²) >= 11 is 0. The van der Waals surface area contributed by atoms with Crippen molar-refractivity contribution in [2.24, 2.45) is 5.73 Å². The van der Waals surface area contributed by atoms with Crippen LogP contribution in [0.3, 0.4) is 0 Å². The van der Waals surface area contributed by atoms with Gasteiger partial charge in [-0.3, -0.25) is 4.90 Å². The molecule has 0 aromatic heterocycles. The molecule has 0 bridgehead atoms. The topological polar surface area (TPSA) is 55.6 Å². The van der Waals surface area contributed by atoms with Crippen LogP contribution in [0.15, 0.2) is 24.3 Å². The maximum atomic E-state index is 11.7. The number of hydrogen-bond acceptors (Lipinski definition) is 3. The molecule has 1 fully saturated rings. The summed E-state index contributed by atoms with van der Waals surface area (Å²) in [5.41, 5.74) is 7.48. The van der Waals surface area contributed by atoms with Gasteiger partial charge in [0.15, 0.2) is 0 Å². The number of hydrogen-bond donors (Lipinski definition) is 1. The standard InChI is InChI=1S/C12H16N2O2/c1-9-6-7-14(12(15)16-9)11-5-3-2-4-10(11)8-13/h2-5,9H,6-8,13H2,1H3. The summed E-state index contributed by atoms with van der Waals surface area (Å²) in [7, 11) is 0. The van der Waals surface area contributed by atoms with Crippen molar-refractivity contribution in [3.05, 3.63) is 29.8 Å². The minimum absolute atomic E-state index is 0.00814. The summed E-state index contributed by atoms with van der Waals surface area (Å²) < 4.78 is 5.20. The number of amides is 1. The number of benzene rings is 1. The third-order valence-corrected chi connectivity index (χ3v) is 2.78. The van der Waals surface area contributed by atoms with Gasteiger partial charge in [-0.2, -0.15) is 0 Å². The molecule has 1 atom stereocenters. The van der Waals surface area contributed by atoms with Crippen LogP contribution in [0.1, 0.15) is 18.9 Å². The Morgan fingerprint density at radius 3 is 2.94 bits per heavy atom. The van der Waals surface area contributed by atoms with Crippen molar-refractivity contribution in [1.82, 2.24) is 0 Å². The van der Waals surface area contributed by atoms with E-state index in [0.29, 0.717) is 13.1 Å². The molecule has 0 saturated carbocycles. The van der Waals surface area contributed by atoms with Crippen molar-refractivity contribution in [2.45, 2.75) is 26.0 Å². The van der Waals surface area contributed by atoms with Crippen molar-refractivity contribution in [1.29, 1.82) is 0 Å². The molecule has 4 heteroatoms. The third kappa shape index (κ3) is 2.02. The third-order valence-electron chi connectivity index (χ3n) is 2.78. The van der Waals surface area contributed by atoms with Gasteiger partial charge in [0.05, 0.1) is 5.69 Å². The summed E-state index contributed by atoms with van der Waals surface area (Å²) in [4.78, 5) is 13.4. The first-order valence-electron chi connectivity index (χ1n) is 5.48. The maximum absolute atomic E-state index is 11.7. The van der Waals surface area contributed by atoms with Crippen LogP contribution in [-0.2, 0) is 11.3 Å². The van der Waals surface area contributed by atoms with Crippen LogP contribution in [0, 0.1) is 0 Å². The van der Waals surface area contributed by atoms with Gasteiger partial charge in [-0.1, -0.05) is 18.2 Å². The van der Waals surface area contributed by atoms with Gasteiger partial charge in [-0.05, 0) is 18.6 Å². The highest BCUT2D eigenvalue weighted by molar-refractivity contribution is 5.89. The molecule has 2 rings (SSSR count). The molecule has 1 aliphatic rings. The van der Waals surface area contributed by atoms with Gasteiger partial charge in [0.25, 0.3) is 0 Å². The molecule has 1 heterocycles. The largest absolute Gasteiger partial charge is 0.446 e. The summed E-state index contributed by atoms with van der Waals surface area (Å²) in [6.45, 7) is 3.02. The highest BCUT2D eigenvalue weighted by Crippen LogP contribution is 2.24. The number of ether oxygens (including phenoxy) is 1. The smallest absolute Gasteiger partial charge is 0.414 e. The van der Waals surface area contributed by atoms with E-state index in [1.807, 2.05) is 31.2 Å². The summed E-state index contributed by atoms with van der Waals surface area (Å²) in [6.07, 6.45) is 0.582. The lowest BCUT2D eigenvalue weighted by atomic mass is 10.1. The Morgan fingerprint density at radius 2 is 2.25 bits per heavy atom. The van der Waals surface area contributed by atoms with E-state index in [1.165, 1.54) is 0 Å². The van der Waals surface area contributed by atoms with E-state index in [-0.39, 0.29) is 12.2 Å². The van der Waals surface area contributed by atoms with Gasteiger partial charge >= 0.3 is 6.09 Å². The normalized spacial score (nSPS) is 20.8. The second-order valence-electron chi connectivity index (χ2n) is 3.97. The predicted octanol–water partition coefficient (Wildman–Crippen LogP) is 1.88. The molecule has 1 aromatic carbocycles. The second-order valence-corrected chi connectivity index (χ2v) is 3.97. The fraction of sp³-hybridized carbons (Fsp3) is 0.417. The van der Waals surface area contributed by atoms with Gasteiger partial charge in [0.2, 0.25) is 0 Å². The molecular weight excluding hydrogens is 204 g/mol. The molecule has 4 nitrogen and oxygen atoms in total. The predicted molar refractivity (Wildman–Crippen MR) is 62.2 cm³/mol. The van der Waals surface area contributed by atoms with Crippen molar-refractivity contribution in [2.75, 3.05) is 11.4 Å². The Morgan fingerprint density at radius 1 is 1.50 bits per heavy atom. The van der Waals surface area contributed by atoms with Gasteiger partial charge < -0.3 is 10.5 Å². The first kappa shape index (κ1) is 11.0. The minimum atomic E-state index is -0.278. The maximum Gasteiger partial charge on any atom is 0.414 e. The fourth-order valence-electron chi connectivity index (χ4n) is 1.86. The molecular formula is C12H16N2O2. The van der Waals surface area contributed by atoms with E-state index in [0.717, 1.165) is 17.7 Å². The van der Waals surface area contributed by atoms with E-state index in [2.05, 4.69) is 0 Å². The zero-order valence-corrected chi connectivity index (χ0v) is 9.35. The van der Waals surface area contributed by atoms with E-state index in [4.69, 9.17) is 10.5 Å². The molecule has 1 saturated heterocycles. The Hall–Kier alpha value is -1.55. The SMILES string of the molecule is CC1CCN(c2ccccc2CN)C(=O)O1. The average molecular weight is 220 g/mol. The monoisotopic (exact) mass is 220 g/mol. The number of carbonyl (C=O) groups is 1. The lowest BCUT2D eigenvalue weighted by Gasteiger charge is -2.31. The van der Waals surface area contributed by atoms with Crippen LogP contribution in [0.5, 0.6) is 0 Å². The van der Waals surface area contributed by atoms with E-state index in [9.17, 15) is 4.79 Å². The summed E-state index contributed by atoms with van der Waals surface area (Å²) in [6, 6.07) is 7.66. The zero-order valence-electron chi connectivity index (χ0n) is 9.35. The van der Waals surface area contributed by atoms with E-state index < -0.39 is 0 Å². The molecule has 1 unspecified atom stereocenters. The number of rotatable bonds is 2.